The van der Waals surface area contributed by atoms with Crippen LogP contribution in [0.5, 0.6) is 5.75 Å². The van der Waals surface area contributed by atoms with Crippen LogP contribution < -0.4 is 4.74 Å². The topological polar surface area (TPSA) is 49.9 Å². The normalized spacial score (nSPS) is 15.0. The maximum Gasteiger partial charge on any atom is 0.257 e. The largest absolute Gasteiger partial charge is 0.496 e. The highest BCUT2D eigenvalue weighted by molar-refractivity contribution is 5.97. The first-order valence-electron chi connectivity index (χ1n) is 7.14. The Morgan fingerprint density at radius 3 is 2.14 bits per heavy atom. The van der Waals surface area contributed by atoms with Gasteiger partial charge in [-0.1, -0.05) is 6.07 Å². The molecule has 1 aromatic rings. The highest BCUT2D eigenvalue weighted by atomic mass is 16.5. The highest BCUT2D eigenvalue weighted by Gasteiger charge is 2.25. The molecule has 1 aromatic carbocycles. The molecule has 2 amide bonds. The van der Waals surface area contributed by atoms with Crippen LogP contribution in [0, 0.1) is 13.8 Å². The fraction of sp³-hybridized carbons (Fsp3) is 0.500. The molecule has 0 spiro atoms. The molecule has 0 N–H and O–H groups in total. The molecular weight excluding hydrogens is 268 g/mol. The average Bonchev–Trinajstić information content (AvgIpc) is 2.46. The number of ether oxygens (including phenoxy) is 1. The maximum atomic E-state index is 12.7. The molecule has 5 heteroatoms. The van der Waals surface area contributed by atoms with Crippen LogP contribution >= 0.6 is 0 Å². The number of carbonyl (C=O) groups excluding carboxylic acids is 2. The van der Waals surface area contributed by atoms with Gasteiger partial charge in [0.1, 0.15) is 5.75 Å². The van der Waals surface area contributed by atoms with Gasteiger partial charge in [-0.15, -0.1) is 0 Å². The molecule has 5 nitrogen and oxygen atoms in total. The van der Waals surface area contributed by atoms with Crippen LogP contribution in [0.3, 0.4) is 0 Å². The van der Waals surface area contributed by atoms with Crippen molar-refractivity contribution >= 4 is 11.8 Å². The third-order valence-electron chi connectivity index (χ3n) is 3.87. The van der Waals surface area contributed by atoms with Crippen molar-refractivity contribution in [2.75, 3.05) is 33.3 Å². The molecule has 0 aromatic heterocycles. The first kappa shape index (κ1) is 15.4. The number of hydrogen-bond donors (Lipinski definition) is 0. The zero-order valence-corrected chi connectivity index (χ0v) is 13.1. The second kappa shape index (κ2) is 6.16. The molecule has 2 rings (SSSR count). The molecular formula is C16H22N2O3. The molecule has 0 radical (unpaired) electrons. The molecule has 1 heterocycles. The fourth-order valence-corrected chi connectivity index (χ4v) is 2.78. The summed E-state index contributed by atoms with van der Waals surface area (Å²) in [5.74, 6) is 0.674. The lowest BCUT2D eigenvalue weighted by Crippen LogP contribution is -2.50. The van der Waals surface area contributed by atoms with Gasteiger partial charge in [0.15, 0.2) is 0 Å². The molecule has 21 heavy (non-hydrogen) atoms. The Bertz CT molecular complexity index is 561. The van der Waals surface area contributed by atoms with Crippen LogP contribution in [0.25, 0.3) is 0 Å². The Morgan fingerprint density at radius 1 is 1.05 bits per heavy atom. The summed E-state index contributed by atoms with van der Waals surface area (Å²) in [7, 11) is 1.59. The van der Waals surface area contributed by atoms with Gasteiger partial charge in [-0.3, -0.25) is 9.59 Å². The van der Waals surface area contributed by atoms with Gasteiger partial charge in [-0.2, -0.15) is 0 Å². The van der Waals surface area contributed by atoms with Crippen LogP contribution in [0.1, 0.15) is 28.4 Å². The van der Waals surface area contributed by atoms with Crippen molar-refractivity contribution in [2.45, 2.75) is 20.8 Å². The summed E-state index contributed by atoms with van der Waals surface area (Å²) in [4.78, 5) is 27.6. The molecule has 0 atom stereocenters. The summed E-state index contributed by atoms with van der Waals surface area (Å²) < 4.78 is 5.39. The van der Waals surface area contributed by atoms with E-state index >= 15 is 0 Å². The molecule has 1 fully saturated rings. The summed E-state index contributed by atoms with van der Waals surface area (Å²) in [5, 5.41) is 0. The molecule has 114 valence electrons. The van der Waals surface area contributed by atoms with E-state index in [1.54, 1.807) is 23.8 Å². The van der Waals surface area contributed by atoms with Crippen molar-refractivity contribution in [3.05, 3.63) is 28.8 Å². The van der Waals surface area contributed by atoms with Crippen molar-refractivity contribution < 1.29 is 14.3 Å². The van der Waals surface area contributed by atoms with Crippen molar-refractivity contribution in [3.63, 3.8) is 0 Å². The number of amides is 2. The van der Waals surface area contributed by atoms with E-state index in [0.717, 1.165) is 11.1 Å². The van der Waals surface area contributed by atoms with Crippen LogP contribution in [0.4, 0.5) is 0 Å². The van der Waals surface area contributed by atoms with Crippen molar-refractivity contribution in [1.82, 2.24) is 9.80 Å². The predicted molar refractivity (Wildman–Crippen MR) is 80.6 cm³/mol. The molecule has 1 aliphatic rings. The minimum absolute atomic E-state index is 0.0261. The van der Waals surface area contributed by atoms with Gasteiger partial charge in [-0.05, 0) is 31.0 Å². The van der Waals surface area contributed by atoms with Crippen molar-refractivity contribution in [1.29, 1.82) is 0 Å². The standard InChI is InChI=1S/C16H22N2O3/c1-11-9-12(2)15(21-4)14(10-11)16(20)18-7-5-17(6-8-18)13(3)19/h9-10H,5-8H2,1-4H3. The summed E-state index contributed by atoms with van der Waals surface area (Å²) in [6.07, 6.45) is 0. The molecule has 0 aliphatic carbocycles. The van der Waals surface area contributed by atoms with E-state index in [1.807, 2.05) is 26.0 Å². The third kappa shape index (κ3) is 3.17. The van der Waals surface area contributed by atoms with E-state index in [4.69, 9.17) is 4.74 Å². The number of benzene rings is 1. The zero-order valence-electron chi connectivity index (χ0n) is 13.1. The van der Waals surface area contributed by atoms with E-state index in [-0.39, 0.29) is 11.8 Å². The molecule has 1 aliphatic heterocycles. The Balaban J connectivity index is 2.20. The first-order valence-corrected chi connectivity index (χ1v) is 7.14. The Kier molecular flexibility index (Phi) is 4.50. The molecule has 0 bridgehead atoms. The number of methoxy groups -OCH3 is 1. The lowest BCUT2D eigenvalue weighted by atomic mass is 10.0. The van der Waals surface area contributed by atoms with E-state index in [1.165, 1.54) is 0 Å². The smallest absolute Gasteiger partial charge is 0.257 e. The van der Waals surface area contributed by atoms with Crippen LogP contribution in [0.15, 0.2) is 12.1 Å². The number of rotatable bonds is 2. The van der Waals surface area contributed by atoms with Gasteiger partial charge in [0.25, 0.3) is 5.91 Å². The van der Waals surface area contributed by atoms with E-state index in [9.17, 15) is 9.59 Å². The number of piperazine rings is 1. The van der Waals surface area contributed by atoms with Crippen LogP contribution in [-0.4, -0.2) is 54.9 Å². The van der Waals surface area contributed by atoms with Crippen molar-refractivity contribution in [3.8, 4) is 5.75 Å². The molecule has 0 saturated carbocycles. The number of hydrogen-bond acceptors (Lipinski definition) is 3. The minimum Gasteiger partial charge on any atom is -0.496 e. The fourth-order valence-electron chi connectivity index (χ4n) is 2.78. The summed E-state index contributed by atoms with van der Waals surface area (Å²) in [6, 6.07) is 3.87. The van der Waals surface area contributed by atoms with Gasteiger partial charge >= 0.3 is 0 Å². The predicted octanol–water partition coefficient (Wildman–Crippen LogP) is 1.62. The van der Waals surface area contributed by atoms with Gasteiger partial charge in [0.2, 0.25) is 5.91 Å². The summed E-state index contributed by atoms with van der Waals surface area (Å²) in [6.45, 7) is 7.78. The van der Waals surface area contributed by atoms with Gasteiger partial charge < -0.3 is 14.5 Å². The summed E-state index contributed by atoms with van der Waals surface area (Å²) >= 11 is 0. The average molecular weight is 290 g/mol. The second-order valence-electron chi connectivity index (χ2n) is 5.46. The highest BCUT2D eigenvalue weighted by Crippen LogP contribution is 2.26. The summed E-state index contributed by atoms with van der Waals surface area (Å²) in [5.41, 5.74) is 2.61. The van der Waals surface area contributed by atoms with Crippen molar-refractivity contribution in [2.24, 2.45) is 0 Å². The molecule has 0 unspecified atom stereocenters. The lowest BCUT2D eigenvalue weighted by molar-refractivity contribution is -0.130. The van der Waals surface area contributed by atoms with Gasteiger partial charge in [0, 0.05) is 33.1 Å². The lowest BCUT2D eigenvalue weighted by Gasteiger charge is -2.34. The second-order valence-corrected chi connectivity index (χ2v) is 5.46. The van der Waals surface area contributed by atoms with Gasteiger partial charge in [-0.25, -0.2) is 0 Å². The monoisotopic (exact) mass is 290 g/mol. The van der Waals surface area contributed by atoms with Crippen LogP contribution in [-0.2, 0) is 4.79 Å². The zero-order chi connectivity index (χ0) is 15.6. The Morgan fingerprint density at radius 2 is 1.62 bits per heavy atom. The number of carbonyl (C=O) groups is 2. The van der Waals surface area contributed by atoms with E-state index in [2.05, 4.69) is 0 Å². The first-order chi connectivity index (χ1) is 9.93. The van der Waals surface area contributed by atoms with Crippen LogP contribution in [0.2, 0.25) is 0 Å². The quantitative estimate of drug-likeness (QED) is 0.831. The Hall–Kier alpha value is -2.04. The molecule has 1 saturated heterocycles. The Labute approximate surface area is 125 Å². The minimum atomic E-state index is -0.0261. The maximum absolute atomic E-state index is 12.7. The van der Waals surface area contributed by atoms with E-state index in [0.29, 0.717) is 37.5 Å². The number of nitrogens with zero attached hydrogens (tertiary/aromatic N) is 2. The third-order valence-corrected chi connectivity index (χ3v) is 3.87. The SMILES string of the molecule is COc1c(C)cc(C)cc1C(=O)N1CCN(C(C)=O)CC1. The van der Waals surface area contributed by atoms with Gasteiger partial charge in [0.05, 0.1) is 12.7 Å². The number of aryl methyl sites for hydroxylation is 2. The van der Waals surface area contributed by atoms with E-state index < -0.39 is 0 Å².